The highest BCUT2D eigenvalue weighted by molar-refractivity contribution is 8.00. The lowest BCUT2D eigenvalue weighted by atomic mass is 9.94. The van der Waals surface area contributed by atoms with Crippen molar-refractivity contribution < 1.29 is 14.3 Å². The van der Waals surface area contributed by atoms with Crippen molar-refractivity contribution in [2.24, 2.45) is 0 Å². The zero-order valence-corrected chi connectivity index (χ0v) is 19.6. The Bertz CT molecular complexity index is 1230. The van der Waals surface area contributed by atoms with Gasteiger partial charge in [-0.3, -0.25) is 24.5 Å². The minimum atomic E-state index is -0.354. The molecule has 0 saturated carbocycles. The average molecular weight is 470 g/mol. The molecule has 4 heterocycles. The summed E-state index contributed by atoms with van der Waals surface area (Å²) in [6, 6.07) is 7.68. The molecular formula is C23H27N5O4S. The normalized spacial score (nSPS) is 22.3. The molecule has 2 aliphatic rings. The van der Waals surface area contributed by atoms with Crippen LogP contribution < -0.4 is 15.6 Å². The van der Waals surface area contributed by atoms with Crippen molar-refractivity contribution in [3.8, 4) is 17.0 Å². The number of carbonyl (C=O) groups excluding carboxylic acids is 1. The number of hydrogen-bond donors (Lipinski definition) is 3. The number of hydrogen-bond acceptors (Lipinski definition) is 6. The Morgan fingerprint density at radius 2 is 2.03 bits per heavy atom. The summed E-state index contributed by atoms with van der Waals surface area (Å²) in [5, 5.41) is 13.0. The lowest BCUT2D eigenvalue weighted by Gasteiger charge is -2.36. The number of nitrogens with zero attached hydrogens (tertiary/aromatic N) is 2. The van der Waals surface area contributed by atoms with E-state index < -0.39 is 0 Å². The van der Waals surface area contributed by atoms with E-state index in [4.69, 9.17) is 9.47 Å². The van der Waals surface area contributed by atoms with Crippen LogP contribution in [-0.4, -0.2) is 51.0 Å². The Kier molecular flexibility index (Phi) is 5.57. The summed E-state index contributed by atoms with van der Waals surface area (Å²) in [4.78, 5) is 25.9. The number of carbonyl (C=O) groups is 1. The van der Waals surface area contributed by atoms with E-state index in [-0.39, 0.29) is 34.1 Å². The number of ether oxygens (including phenoxy) is 2. The molecule has 1 saturated heterocycles. The average Bonchev–Trinajstić information content (AvgIpc) is 3.35. The number of methoxy groups -OCH3 is 1. The third-order valence-corrected chi connectivity index (χ3v) is 7.48. The number of aromatic amines is 2. The van der Waals surface area contributed by atoms with Crippen molar-refractivity contribution in [1.29, 1.82) is 0 Å². The molecule has 33 heavy (non-hydrogen) atoms. The van der Waals surface area contributed by atoms with Crippen LogP contribution in [0.3, 0.4) is 0 Å². The van der Waals surface area contributed by atoms with E-state index in [2.05, 4.69) is 20.6 Å². The van der Waals surface area contributed by atoms with E-state index in [9.17, 15) is 9.59 Å². The fraction of sp³-hybridized carbons (Fsp3) is 0.435. The Balaban J connectivity index is 1.59. The molecule has 174 valence electrons. The van der Waals surface area contributed by atoms with Gasteiger partial charge in [0.1, 0.15) is 11.6 Å². The van der Waals surface area contributed by atoms with Crippen LogP contribution in [0.15, 0.2) is 35.3 Å². The van der Waals surface area contributed by atoms with E-state index in [0.717, 1.165) is 35.4 Å². The number of anilines is 1. The molecule has 10 heteroatoms. The van der Waals surface area contributed by atoms with Gasteiger partial charge in [0.15, 0.2) is 0 Å². The zero-order chi connectivity index (χ0) is 23.2. The Hall–Kier alpha value is -2.98. The third kappa shape index (κ3) is 4.08. The smallest absolute Gasteiger partial charge is 0.270 e. The van der Waals surface area contributed by atoms with E-state index in [0.29, 0.717) is 18.0 Å². The van der Waals surface area contributed by atoms with Crippen LogP contribution in [0.2, 0.25) is 0 Å². The molecule has 0 aliphatic carbocycles. The number of nitrogens with one attached hydrogen (secondary N) is 3. The highest BCUT2D eigenvalue weighted by Crippen LogP contribution is 2.44. The molecular weight excluding hydrogens is 442 g/mol. The van der Waals surface area contributed by atoms with E-state index in [1.807, 2.05) is 42.8 Å². The summed E-state index contributed by atoms with van der Waals surface area (Å²) in [6.07, 6.45) is 3.24. The van der Waals surface area contributed by atoms with Gasteiger partial charge in [-0.25, -0.2) is 0 Å². The van der Waals surface area contributed by atoms with Crippen molar-refractivity contribution in [2.75, 3.05) is 24.8 Å². The van der Waals surface area contributed by atoms with E-state index >= 15 is 0 Å². The van der Waals surface area contributed by atoms with Gasteiger partial charge >= 0.3 is 0 Å². The Morgan fingerprint density at radius 1 is 1.24 bits per heavy atom. The van der Waals surface area contributed by atoms with Crippen LogP contribution in [0, 0.1) is 0 Å². The van der Waals surface area contributed by atoms with Gasteiger partial charge in [0, 0.05) is 17.7 Å². The molecule has 0 radical (unpaired) electrons. The van der Waals surface area contributed by atoms with Crippen molar-refractivity contribution >= 4 is 23.5 Å². The number of thioether (sulfide) groups is 1. The van der Waals surface area contributed by atoms with Gasteiger partial charge in [-0.15, -0.1) is 11.8 Å². The molecule has 1 aromatic carbocycles. The largest absolute Gasteiger partial charge is 0.497 e. The third-order valence-electron chi connectivity index (χ3n) is 6.23. The van der Waals surface area contributed by atoms with Crippen LogP contribution in [0.5, 0.6) is 5.75 Å². The van der Waals surface area contributed by atoms with Gasteiger partial charge in [-0.2, -0.15) is 5.10 Å². The number of aromatic nitrogens is 4. The summed E-state index contributed by atoms with van der Waals surface area (Å²) < 4.78 is 13.0. The number of rotatable bonds is 4. The standard InChI is InChI=1S/C23H27N5O4S/c1-23(2)10-14(8-9-32-23)28-21-18(22(30)27-28)20(33-12-17(29)25-21)16-11-24-26-19(16)13-4-6-15(31-3)7-5-13/h4-7,11,14,20H,8-10,12H2,1-3H3,(H,24,26)(H,25,29)(H,27,30)/t14-,20+/m0/s1. The molecule has 5 rings (SSSR count). The molecule has 1 amide bonds. The van der Waals surface area contributed by atoms with Gasteiger partial charge in [-0.1, -0.05) is 0 Å². The highest BCUT2D eigenvalue weighted by atomic mass is 32.2. The molecule has 0 bridgehead atoms. The van der Waals surface area contributed by atoms with Crippen LogP contribution in [-0.2, 0) is 9.53 Å². The summed E-state index contributed by atoms with van der Waals surface area (Å²) in [6.45, 7) is 4.69. The molecule has 2 atom stereocenters. The van der Waals surface area contributed by atoms with Crippen LogP contribution in [0.4, 0.5) is 5.82 Å². The SMILES string of the molecule is COc1ccc(-c2[nH]ncc2[C@H]2SCC(=O)Nc3c2c(=O)[nH]n3[C@H]2CCOC(C)(C)C2)cc1. The van der Waals surface area contributed by atoms with Gasteiger partial charge in [0.05, 0.1) is 47.2 Å². The second-order valence-corrected chi connectivity index (χ2v) is 10.1. The second-order valence-electron chi connectivity index (χ2n) is 9.00. The fourth-order valence-electron chi connectivity index (χ4n) is 4.67. The molecule has 2 aromatic heterocycles. The summed E-state index contributed by atoms with van der Waals surface area (Å²) in [5.41, 5.74) is 2.65. The topological polar surface area (TPSA) is 114 Å². The maximum Gasteiger partial charge on any atom is 0.270 e. The minimum Gasteiger partial charge on any atom is -0.497 e. The maximum atomic E-state index is 13.3. The molecule has 9 nitrogen and oxygen atoms in total. The first kappa shape index (κ1) is 21.8. The second kappa shape index (κ2) is 8.42. The quantitative estimate of drug-likeness (QED) is 0.539. The molecule has 0 spiro atoms. The maximum absolute atomic E-state index is 13.3. The lowest BCUT2D eigenvalue weighted by Crippen LogP contribution is -2.36. The number of amides is 1. The first-order valence-corrected chi connectivity index (χ1v) is 12.0. The Morgan fingerprint density at radius 3 is 2.76 bits per heavy atom. The van der Waals surface area contributed by atoms with Gasteiger partial charge in [0.25, 0.3) is 5.56 Å². The van der Waals surface area contributed by atoms with Gasteiger partial charge in [0.2, 0.25) is 5.91 Å². The van der Waals surface area contributed by atoms with E-state index in [1.165, 1.54) is 11.8 Å². The highest BCUT2D eigenvalue weighted by Gasteiger charge is 2.37. The van der Waals surface area contributed by atoms with Gasteiger partial charge < -0.3 is 14.8 Å². The van der Waals surface area contributed by atoms with Crippen molar-refractivity contribution in [3.63, 3.8) is 0 Å². The monoisotopic (exact) mass is 469 g/mol. The van der Waals surface area contributed by atoms with E-state index in [1.54, 1.807) is 13.3 Å². The molecule has 2 aliphatic heterocycles. The van der Waals surface area contributed by atoms with Gasteiger partial charge in [-0.05, 0) is 51.0 Å². The molecule has 3 aromatic rings. The summed E-state index contributed by atoms with van der Waals surface area (Å²) >= 11 is 1.43. The molecule has 0 unspecified atom stereocenters. The predicted octanol–water partition coefficient (Wildman–Crippen LogP) is 3.48. The predicted molar refractivity (Wildman–Crippen MR) is 127 cm³/mol. The van der Waals surface area contributed by atoms with Crippen molar-refractivity contribution in [2.45, 2.75) is 43.6 Å². The molecule has 1 fully saturated rings. The minimum absolute atomic E-state index is 0.0275. The van der Waals surface area contributed by atoms with Crippen molar-refractivity contribution in [1.82, 2.24) is 20.0 Å². The summed E-state index contributed by atoms with van der Waals surface area (Å²) in [5.74, 6) is 1.42. The number of benzene rings is 1. The lowest BCUT2D eigenvalue weighted by molar-refractivity contribution is -0.113. The first-order valence-electron chi connectivity index (χ1n) is 10.9. The van der Waals surface area contributed by atoms with Crippen LogP contribution in [0.1, 0.15) is 49.1 Å². The van der Waals surface area contributed by atoms with Crippen LogP contribution >= 0.6 is 11.8 Å². The summed E-state index contributed by atoms with van der Waals surface area (Å²) in [7, 11) is 1.63. The Labute approximate surface area is 195 Å². The molecule has 3 N–H and O–H groups in total. The van der Waals surface area contributed by atoms with Crippen LogP contribution in [0.25, 0.3) is 11.3 Å². The first-order chi connectivity index (χ1) is 15.9. The zero-order valence-electron chi connectivity index (χ0n) is 18.8. The number of H-pyrrole nitrogens is 2. The number of fused-ring (bicyclic) bond motifs is 1. The van der Waals surface area contributed by atoms with Crippen molar-refractivity contribution in [3.05, 3.63) is 51.9 Å². The fourth-order valence-corrected chi connectivity index (χ4v) is 5.80.